The third-order valence-electron chi connectivity index (χ3n) is 6.73. The number of hydrogen-bond donors (Lipinski definition) is 3. The van der Waals surface area contributed by atoms with E-state index >= 15 is 0 Å². The van der Waals surface area contributed by atoms with Gasteiger partial charge in [0.15, 0.2) is 5.71 Å². The number of ether oxygens (including phenoxy) is 2. The molecule has 220 valence electrons. The number of carbonyl (C=O) groups excluding carboxylic acids is 4. The van der Waals surface area contributed by atoms with Crippen LogP contribution in [0.25, 0.3) is 0 Å². The Balaban J connectivity index is 1.58. The Bertz CT molecular complexity index is 1200. The summed E-state index contributed by atoms with van der Waals surface area (Å²) < 4.78 is 10.2. The summed E-state index contributed by atoms with van der Waals surface area (Å²) >= 11 is 0. The third kappa shape index (κ3) is 10.6. The molecule has 0 aromatic heterocycles. The molecule has 3 rings (SSSR count). The minimum Gasteiger partial charge on any atom is -0.467 e. The Morgan fingerprint density at radius 3 is 2.37 bits per heavy atom. The topological polar surface area (TPSA) is 144 Å². The molecule has 1 fully saturated rings. The van der Waals surface area contributed by atoms with Gasteiger partial charge in [-0.2, -0.15) is 0 Å². The molecule has 2 aliphatic carbocycles. The highest BCUT2D eigenvalue weighted by Crippen LogP contribution is 2.24. The number of nitrogens with one attached hydrogen (secondary N) is 3. The number of rotatable bonds is 10. The molecule has 0 saturated heterocycles. The Morgan fingerprint density at radius 1 is 1.02 bits per heavy atom. The number of amides is 3. The largest absolute Gasteiger partial charge is 0.467 e. The quantitative estimate of drug-likeness (QED) is 0.171. The number of hydrogen-bond acceptors (Lipinski definition) is 8. The maximum Gasteiger partial charge on any atom is 0.407 e. The summed E-state index contributed by atoms with van der Waals surface area (Å²) in [7, 11) is 2.59. The first kappa shape index (κ1) is 31.1. The lowest BCUT2D eigenvalue weighted by atomic mass is 9.89. The van der Waals surface area contributed by atoms with Gasteiger partial charge in [0, 0.05) is 13.0 Å². The van der Waals surface area contributed by atoms with Crippen molar-refractivity contribution >= 4 is 29.6 Å². The molecule has 0 bridgehead atoms. The first-order chi connectivity index (χ1) is 19.8. The van der Waals surface area contributed by atoms with Crippen molar-refractivity contribution in [3.63, 3.8) is 0 Å². The van der Waals surface area contributed by atoms with Crippen LogP contribution in [0.1, 0.15) is 51.0 Å². The fourth-order valence-corrected chi connectivity index (χ4v) is 4.64. The van der Waals surface area contributed by atoms with Gasteiger partial charge in [-0.3, -0.25) is 9.59 Å². The van der Waals surface area contributed by atoms with Crippen LogP contribution in [-0.4, -0.2) is 61.9 Å². The van der Waals surface area contributed by atoms with Gasteiger partial charge in [0.25, 0.3) is 5.91 Å². The molecule has 1 aromatic rings. The molecule has 0 unspecified atom stereocenters. The molecule has 3 amide bonds. The monoisotopic (exact) mass is 566 g/mol. The van der Waals surface area contributed by atoms with Gasteiger partial charge in [0.1, 0.15) is 19.8 Å². The minimum atomic E-state index is -1.00. The molecule has 0 heterocycles. The summed E-state index contributed by atoms with van der Waals surface area (Å²) in [5.74, 6) is -1.27. The molecule has 11 heteroatoms. The molecular weight excluding hydrogens is 528 g/mol. The van der Waals surface area contributed by atoms with Crippen molar-refractivity contribution in [1.29, 1.82) is 0 Å². The van der Waals surface area contributed by atoms with E-state index in [2.05, 4.69) is 21.1 Å². The van der Waals surface area contributed by atoms with E-state index in [0.29, 0.717) is 25.7 Å². The van der Waals surface area contributed by atoms with Crippen molar-refractivity contribution in [2.75, 3.05) is 14.2 Å². The second-order valence-corrected chi connectivity index (χ2v) is 9.86. The van der Waals surface area contributed by atoms with Crippen LogP contribution in [-0.2, 0) is 35.3 Å². The first-order valence-corrected chi connectivity index (χ1v) is 13.6. The Labute approximate surface area is 240 Å². The van der Waals surface area contributed by atoms with Gasteiger partial charge in [-0.1, -0.05) is 59.3 Å². The lowest BCUT2D eigenvalue weighted by Crippen LogP contribution is -2.43. The highest BCUT2D eigenvalue weighted by Gasteiger charge is 2.25. The molecule has 1 saturated carbocycles. The van der Waals surface area contributed by atoms with E-state index in [0.717, 1.165) is 29.6 Å². The molecule has 41 heavy (non-hydrogen) atoms. The normalized spacial score (nSPS) is 20.4. The number of allylic oxidation sites excluding steroid dienone is 3. The van der Waals surface area contributed by atoms with Gasteiger partial charge in [-0.15, -0.1) is 0 Å². The van der Waals surface area contributed by atoms with Gasteiger partial charge < -0.3 is 30.3 Å². The van der Waals surface area contributed by atoms with E-state index in [1.54, 1.807) is 18.2 Å². The summed E-state index contributed by atoms with van der Waals surface area (Å²) in [4.78, 5) is 54.0. The zero-order valence-electron chi connectivity index (χ0n) is 23.7. The molecule has 0 spiro atoms. The summed E-state index contributed by atoms with van der Waals surface area (Å²) in [5, 5.41) is 12.3. The van der Waals surface area contributed by atoms with Crippen molar-refractivity contribution in [3.05, 3.63) is 71.3 Å². The van der Waals surface area contributed by atoms with Crippen LogP contribution < -0.4 is 16.0 Å². The highest BCUT2D eigenvalue weighted by molar-refractivity contribution is 6.43. The van der Waals surface area contributed by atoms with E-state index in [1.165, 1.54) is 21.1 Å². The molecule has 3 N–H and O–H groups in total. The average Bonchev–Trinajstić information content (AvgIpc) is 2.97. The SMILES string of the molecule is CO/N=C(\C=C1\C=C[C@H](NC(=O)OCc2ccccc2)CC1)C(=O)N[C@H](C=C1CCC(NC(C)=O)CC1)C(=O)OC. The standard InChI is InChI=1S/C30H38N4O7/c1-20(35)31-24-13-9-22(10-14-24)18-27(29(37)39-2)33-28(36)26(34-40-3)17-21-11-15-25(16-12-21)32-30(38)41-19-23-7-5-4-6-8-23/h4-8,11,15,17-18,24-25,27H,9-10,12-14,16,19H2,1-3H3,(H,31,35)(H,32,38)(H,33,36)/b21-17-,22-18?,34-26+/t24?,25-,27+/m0/s1. The second-order valence-electron chi connectivity index (χ2n) is 9.86. The molecule has 0 aliphatic heterocycles. The molecule has 2 aliphatic rings. The van der Waals surface area contributed by atoms with Crippen LogP contribution >= 0.6 is 0 Å². The van der Waals surface area contributed by atoms with Gasteiger partial charge >= 0.3 is 12.1 Å². The van der Waals surface area contributed by atoms with E-state index in [-0.39, 0.29) is 30.3 Å². The Hall–Kier alpha value is -4.41. The fraction of sp³-hybridized carbons (Fsp3) is 0.433. The van der Waals surface area contributed by atoms with Crippen LogP contribution in [0.4, 0.5) is 4.79 Å². The van der Waals surface area contributed by atoms with Gasteiger partial charge in [0.05, 0.1) is 13.2 Å². The molecule has 1 aromatic carbocycles. The zero-order chi connectivity index (χ0) is 29.6. The smallest absolute Gasteiger partial charge is 0.407 e. The predicted octanol–water partition coefficient (Wildman–Crippen LogP) is 3.22. The third-order valence-corrected chi connectivity index (χ3v) is 6.73. The maximum atomic E-state index is 13.1. The van der Waals surface area contributed by atoms with Crippen molar-refractivity contribution in [2.45, 2.75) is 70.2 Å². The number of oxime groups is 1. The number of esters is 1. The fourth-order valence-electron chi connectivity index (χ4n) is 4.64. The molecule has 2 atom stereocenters. The molecular formula is C30H38N4O7. The van der Waals surface area contributed by atoms with E-state index in [4.69, 9.17) is 14.3 Å². The molecule has 0 radical (unpaired) electrons. The Kier molecular flexibility index (Phi) is 12.1. The van der Waals surface area contributed by atoms with Gasteiger partial charge in [0.2, 0.25) is 5.91 Å². The summed E-state index contributed by atoms with van der Waals surface area (Å²) in [6.45, 7) is 1.67. The number of benzene rings is 1. The van der Waals surface area contributed by atoms with Crippen molar-refractivity contribution in [1.82, 2.24) is 16.0 Å². The minimum absolute atomic E-state index is 0.0116. The van der Waals surface area contributed by atoms with Crippen LogP contribution in [0, 0.1) is 0 Å². The number of nitrogens with zero attached hydrogens (tertiary/aromatic N) is 1. The van der Waals surface area contributed by atoms with Crippen molar-refractivity contribution in [2.24, 2.45) is 5.16 Å². The van der Waals surface area contributed by atoms with E-state index < -0.39 is 24.0 Å². The van der Waals surface area contributed by atoms with Gasteiger partial charge in [-0.05, 0) is 55.7 Å². The summed E-state index contributed by atoms with van der Waals surface area (Å²) in [6.07, 6.45) is 10.5. The van der Waals surface area contributed by atoms with E-state index in [1.807, 2.05) is 36.4 Å². The van der Waals surface area contributed by atoms with Crippen LogP contribution in [0.2, 0.25) is 0 Å². The van der Waals surface area contributed by atoms with Gasteiger partial charge in [-0.25, -0.2) is 9.59 Å². The van der Waals surface area contributed by atoms with Crippen LogP contribution in [0.15, 0.2) is 70.9 Å². The highest BCUT2D eigenvalue weighted by atomic mass is 16.6. The first-order valence-electron chi connectivity index (χ1n) is 13.6. The average molecular weight is 567 g/mol. The van der Waals surface area contributed by atoms with Crippen LogP contribution in [0.3, 0.4) is 0 Å². The lowest BCUT2D eigenvalue weighted by Gasteiger charge is -2.25. The molecule has 11 nitrogen and oxygen atoms in total. The van der Waals surface area contributed by atoms with Crippen molar-refractivity contribution < 1.29 is 33.5 Å². The van der Waals surface area contributed by atoms with E-state index in [9.17, 15) is 19.2 Å². The second kappa shape index (κ2) is 16.0. The summed E-state index contributed by atoms with van der Waals surface area (Å²) in [6, 6.07) is 8.29. The van der Waals surface area contributed by atoms with Crippen molar-refractivity contribution in [3.8, 4) is 0 Å². The van der Waals surface area contributed by atoms with Crippen LogP contribution in [0.5, 0.6) is 0 Å². The Morgan fingerprint density at radius 2 is 1.76 bits per heavy atom. The zero-order valence-corrected chi connectivity index (χ0v) is 23.7. The summed E-state index contributed by atoms with van der Waals surface area (Å²) in [5.41, 5.74) is 2.69. The number of carbonyl (C=O) groups is 4. The predicted molar refractivity (Wildman–Crippen MR) is 153 cm³/mol. The maximum absolute atomic E-state index is 13.1. The number of methoxy groups -OCH3 is 1. The number of alkyl carbamates (subject to hydrolysis) is 1. The lowest BCUT2D eigenvalue weighted by molar-refractivity contribution is -0.143.